The first kappa shape index (κ1) is 19.4. The number of nitrogens with zero attached hydrogens (tertiary/aromatic N) is 5. The fourth-order valence-corrected chi connectivity index (χ4v) is 5.90. The molecule has 2 saturated heterocycles. The minimum atomic E-state index is -0.830. The van der Waals surface area contributed by atoms with Gasteiger partial charge in [0.2, 0.25) is 5.88 Å². The van der Waals surface area contributed by atoms with Gasteiger partial charge < -0.3 is 14.4 Å². The topological polar surface area (TPSA) is 63.6 Å². The summed E-state index contributed by atoms with van der Waals surface area (Å²) in [7, 11) is 0. The summed E-state index contributed by atoms with van der Waals surface area (Å²) in [6.45, 7) is 5.01. The Bertz CT molecular complexity index is 1030. The zero-order valence-electron chi connectivity index (χ0n) is 17.7. The monoisotopic (exact) mass is 431 g/mol. The van der Waals surface area contributed by atoms with Gasteiger partial charge in [0.25, 0.3) is 0 Å². The van der Waals surface area contributed by atoms with Crippen LogP contribution in [0.1, 0.15) is 45.4 Å². The quantitative estimate of drug-likeness (QED) is 0.736. The standard InChI is InChI=1S/C22H27F2N5O2/c1-2-29-18-16-17(15(24)11-25-19(16)30-9-7-21(29)5-6-21)26-20(27-18)31-13-22-4-3-8-28(22)12-14(23)10-22/h11,14H,2-10,12-13H2,1H3/t14-,22+/m1/s1. The smallest absolute Gasteiger partial charge is 0.319 e. The summed E-state index contributed by atoms with van der Waals surface area (Å²) in [4.78, 5) is 17.8. The number of hydrogen-bond donors (Lipinski definition) is 0. The molecule has 4 aliphatic rings. The fourth-order valence-electron chi connectivity index (χ4n) is 5.90. The lowest BCUT2D eigenvalue weighted by Crippen LogP contribution is -2.43. The van der Waals surface area contributed by atoms with E-state index in [0.29, 0.717) is 43.3 Å². The number of alkyl halides is 1. The van der Waals surface area contributed by atoms with E-state index in [4.69, 9.17) is 14.5 Å². The van der Waals surface area contributed by atoms with E-state index >= 15 is 0 Å². The summed E-state index contributed by atoms with van der Waals surface area (Å²) in [5.41, 5.74) is -0.154. The highest BCUT2D eigenvalue weighted by atomic mass is 19.1. The molecule has 3 fully saturated rings. The van der Waals surface area contributed by atoms with E-state index in [9.17, 15) is 8.78 Å². The number of rotatable bonds is 4. The molecule has 1 spiro atoms. The Morgan fingerprint density at radius 2 is 2.13 bits per heavy atom. The molecule has 0 amide bonds. The third kappa shape index (κ3) is 2.96. The van der Waals surface area contributed by atoms with Crippen LogP contribution in [0.25, 0.3) is 10.9 Å². The van der Waals surface area contributed by atoms with Crippen LogP contribution in [0, 0.1) is 5.82 Å². The molecule has 7 nitrogen and oxygen atoms in total. The molecule has 0 bridgehead atoms. The van der Waals surface area contributed by atoms with Crippen LogP contribution in [0.3, 0.4) is 0 Å². The first-order valence-electron chi connectivity index (χ1n) is 11.3. The van der Waals surface area contributed by atoms with Crippen LogP contribution in [0.2, 0.25) is 0 Å². The van der Waals surface area contributed by atoms with Gasteiger partial charge >= 0.3 is 6.01 Å². The molecule has 0 radical (unpaired) electrons. The molecule has 2 atom stereocenters. The van der Waals surface area contributed by atoms with E-state index in [1.807, 2.05) is 0 Å². The summed E-state index contributed by atoms with van der Waals surface area (Å²) in [5.74, 6) is 0.462. The Morgan fingerprint density at radius 1 is 1.26 bits per heavy atom. The van der Waals surface area contributed by atoms with Crippen molar-refractivity contribution in [3.8, 4) is 11.9 Å². The van der Waals surface area contributed by atoms with Crippen molar-refractivity contribution in [2.75, 3.05) is 37.7 Å². The van der Waals surface area contributed by atoms with E-state index in [1.54, 1.807) is 0 Å². The molecule has 166 valence electrons. The predicted octanol–water partition coefficient (Wildman–Crippen LogP) is 3.26. The minimum absolute atomic E-state index is 0.00878. The molecule has 5 heterocycles. The number of hydrogen-bond acceptors (Lipinski definition) is 7. The van der Waals surface area contributed by atoms with Crippen molar-refractivity contribution in [1.82, 2.24) is 19.9 Å². The summed E-state index contributed by atoms with van der Waals surface area (Å²) >= 11 is 0. The third-order valence-electron chi connectivity index (χ3n) is 7.61. The normalized spacial score (nSPS) is 29.0. The van der Waals surface area contributed by atoms with Gasteiger partial charge in [0.1, 0.15) is 29.5 Å². The van der Waals surface area contributed by atoms with Crippen molar-refractivity contribution < 1.29 is 18.3 Å². The SMILES string of the molecule is CCN1c2nc(OC[C@@]34CCCN3C[C@H](F)C4)nc3c(F)cnc(c23)OCCC12CC2. The fraction of sp³-hybridized carbons (Fsp3) is 0.682. The molecule has 0 aromatic carbocycles. The molecule has 2 aromatic heterocycles. The van der Waals surface area contributed by atoms with Crippen molar-refractivity contribution in [1.29, 1.82) is 0 Å². The van der Waals surface area contributed by atoms with E-state index in [0.717, 1.165) is 51.4 Å². The van der Waals surface area contributed by atoms with Gasteiger partial charge in [-0.1, -0.05) is 0 Å². The highest BCUT2D eigenvalue weighted by molar-refractivity contribution is 5.95. The van der Waals surface area contributed by atoms with E-state index in [2.05, 4.69) is 26.7 Å². The highest BCUT2D eigenvalue weighted by Gasteiger charge is 2.51. The summed E-state index contributed by atoms with van der Waals surface area (Å²) in [6.07, 6.45) is 5.69. The summed E-state index contributed by atoms with van der Waals surface area (Å²) in [6, 6.07) is 0.136. The zero-order chi connectivity index (χ0) is 21.2. The molecular formula is C22H27F2N5O2. The van der Waals surface area contributed by atoms with Gasteiger partial charge in [-0.25, -0.2) is 13.8 Å². The largest absolute Gasteiger partial charge is 0.477 e. The van der Waals surface area contributed by atoms with E-state index in [-0.39, 0.29) is 22.6 Å². The Labute approximate surface area is 179 Å². The molecule has 6 rings (SSSR count). The van der Waals surface area contributed by atoms with Crippen LogP contribution in [-0.4, -0.2) is 69.9 Å². The molecule has 2 aromatic rings. The molecule has 3 aliphatic heterocycles. The van der Waals surface area contributed by atoms with Gasteiger partial charge in [-0.2, -0.15) is 9.97 Å². The van der Waals surface area contributed by atoms with Crippen molar-refractivity contribution in [2.24, 2.45) is 0 Å². The maximum absolute atomic E-state index is 14.8. The van der Waals surface area contributed by atoms with Crippen LogP contribution in [0.5, 0.6) is 11.9 Å². The van der Waals surface area contributed by atoms with Crippen LogP contribution in [0.15, 0.2) is 6.20 Å². The summed E-state index contributed by atoms with van der Waals surface area (Å²) in [5, 5.41) is 0.505. The second-order valence-electron chi connectivity index (χ2n) is 9.40. The maximum Gasteiger partial charge on any atom is 0.319 e. The number of fused-ring (bicyclic) bond motifs is 1. The van der Waals surface area contributed by atoms with Crippen molar-refractivity contribution in [3.05, 3.63) is 12.0 Å². The molecular weight excluding hydrogens is 404 g/mol. The minimum Gasteiger partial charge on any atom is -0.477 e. The molecule has 0 unspecified atom stereocenters. The molecule has 31 heavy (non-hydrogen) atoms. The Kier molecular flexibility index (Phi) is 4.29. The first-order chi connectivity index (χ1) is 15.0. The van der Waals surface area contributed by atoms with Crippen molar-refractivity contribution in [2.45, 2.75) is 62.7 Å². The Balaban J connectivity index is 1.42. The van der Waals surface area contributed by atoms with Gasteiger partial charge in [0, 0.05) is 31.5 Å². The second-order valence-corrected chi connectivity index (χ2v) is 9.40. The number of aromatic nitrogens is 3. The van der Waals surface area contributed by atoms with Crippen LogP contribution in [-0.2, 0) is 0 Å². The van der Waals surface area contributed by atoms with Crippen LogP contribution in [0.4, 0.5) is 14.6 Å². The van der Waals surface area contributed by atoms with Gasteiger partial charge in [-0.05, 0) is 39.2 Å². The number of halogens is 2. The molecule has 1 saturated carbocycles. The summed E-state index contributed by atoms with van der Waals surface area (Å²) < 4.78 is 40.9. The lowest BCUT2D eigenvalue weighted by atomic mass is 9.95. The molecule has 9 heteroatoms. The predicted molar refractivity (Wildman–Crippen MR) is 111 cm³/mol. The average Bonchev–Trinajstić information content (AvgIpc) is 3.32. The molecule has 0 N–H and O–H groups in total. The second kappa shape index (κ2) is 6.85. The lowest BCUT2D eigenvalue weighted by molar-refractivity contribution is 0.107. The van der Waals surface area contributed by atoms with Crippen molar-refractivity contribution in [3.63, 3.8) is 0 Å². The zero-order valence-corrected chi connectivity index (χ0v) is 17.7. The number of ether oxygens (including phenoxy) is 2. The lowest BCUT2D eigenvalue weighted by Gasteiger charge is -2.35. The van der Waals surface area contributed by atoms with Gasteiger partial charge in [0.15, 0.2) is 5.82 Å². The van der Waals surface area contributed by atoms with Crippen molar-refractivity contribution >= 4 is 16.7 Å². The number of anilines is 1. The maximum atomic E-state index is 14.8. The highest BCUT2D eigenvalue weighted by Crippen LogP contribution is 2.50. The first-order valence-corrected chi connectivity index (χ1v) is 11.3. The van der Waals surface area contributed by atoms with E-state index in [1.165, 1.54) is 0 Å². The van der Waals surface area contributed by atoms with Gasteiger partial charge in [0.05, 0.1) is 18.3 Å². The third-order valence-corrected chi connectivity index (χ3v) is 7.61. The Hall–Kier alpha value is -2.29. The Morgan fingerprint density at radius 3 is 2.94 bits per heavy atom. The van der Waals surface area contributed by atoms with E-state index < -0.39 is 12.0 Å². The average molecular weight is 431 g/mol. The van der Waals surface area contributed by atoms with Crippen LogP contribution >= 0.6 is 0 Å². The van der Waals surface area contributed by atoms with Gasteiger partial charge in [-0.3, -0.25) is 4.90 Å². The van der Waals surface area contributed by atoms with Crippen LogP contribution < -0.4 is 14.4 Å². The number of pyridine rings is 1. The van der Waals surface area contributed by atoms with Gasteiger partial charge in [-0.15, -0.1) is 0 Å². The molecule has 1 aliphatic carbocycles.